The minimum atomic E-state index is -0.595. The van der Waals surface area contributed by atoms with Gasteiger partial charge < -0.3 is 10.1 Å². The lowest BCUT2D eigenvalue weighted by molar-refractivity contribution is -0.162. The van der Waals surface area contributed by atoms with Gasteiger partial charge in [-0.1, -0.05) is 33.8 Å². The molecule has 0 aromatic carbocycles. The summed E-state index contributed by atoms with van der Waals surface area (Å²) in [5, 5.41) is 12.0. The van der Waals surface area contributed by atoms with Crippen molar-refractivity contribution >= 4 is 29.5 Å². The Morgan fingerprint density at radius 3 is 2.37 bits per heavy atom. The molecule has 1 fully saturated rings. The molecular weight excluding hydrogens is 501 g/mol. The third-order valence-corrected chi connectivity index (χ3v) is 7.38. The average Bonchev–Trinajstić information content (AvgIpc) is 3.28. The van der Waals surface area contributed by atoms with Gasteiger partial charge in [0.25, 0.3) is 5.91 Å². The maximum atomic E-state index is 13.4. The van der Waals surface area contributed by atoms with Crippen molar-refractivity contribution in [2.75, 3.05) is 5.32 Å². The Kier molecular flexibility index (Phi) is 9.10. The molecule has 38 heavy (non-hydrogen) atoms. The van der Waals surface area contributed by atoms with Crippen LogP contribution in [0.25, 0.3) is 5.57 Å². The van der Waals surface area contributed by atoms with Crippen LogP contribution in [0.5, 0.6) is 0 Å². The molecule has 4 rings (SSSR count). The Balaban J connectivity index is 0.00000195. The monoisotopic (exact) mass is 541 g/mol. The van der Waals surface area contributed by atoms with Crippen molar-refractivity contribution in [1.82, 2.24) is 13.9 Å². The van der Waals surface area contributed by atoms with Crippen molar-refractivity contribution < 1.29 is 13.4 Å². The van der Waals surface area contributed by atoms with Crippen LogP contribution in [0.1, 0.15) is 121 Å². The number of allylic oxidation sites excluding steroid dienone is 2. The van der Waals surface area contributed by atoms with Crippen LogP contribution < -0.4 is 5.32 Å². The van der Waals surface area contributed by atoms with E-state index in [1.165, 1.54) is 6.20 Å². The number of nitrogens with one attached hydrogen (secondary N) is 1. The molecule has 7 nitrogen and oxygen atoms in total. The van der Waals surface area contributed by atoms with Gasteiger partial charge in [0.05, 0.1) is 28.8 Å². The number of anilines is 1. The number of pyridine rings is 1. The Bertz CT molecular complexity index is 1230. The highest BCUT2D eigenvalue weighted by Gasteiger charge is 2.40. The summed E-state index contributed by atoms with van der Waals surface area (Å²) in [7, 11) is 0. The molecule has 2 aliphatic rings. The standard InChI is InChI=1S/C27H34FN5O2S.C2H6/c1-25(2)11-9-17(10-12-25)22-21(32-24(34)23-30-19(15-29)16-33(23)36-28)8-7-20(31-22)18-13-26(3,4)35-27(5,6)14-18;1-2/h7-9,16,18H,10-14H2,1-6H3,(H,32,34);1-2H3. The summed E-state index contributed by atoms with van der Waals surface area (Å²) in [5.74, 6) is -0.559. The third kappa shape index (κ3) is 7.03. The molecule has 0 atom stereocenters. The second kappa shape index (κ2) is 11.6. The molecule has 1 aliphatic carbocycles. The Morgan fingerprint density at radius 1 is 1.16 bits per heavy atom. The number of carbonyl (C=O) groups excluding carboxylic acids is 1. The first-order chi connectivity index (χ1) is 17.8. The summed E-state index contributed by atoms with van der Waals surface area (Å²) in [6.45, 7) is 17.0. The molecule has 0 radical (unpaired) electrons. The van der Waals surface area contributed by atoms with Crippen LogP contribution in [0.4, 0.5) is 9.57 Å². The quantitative estimate of drug-likeness (QED) is 0.414. The number of halogens is 1. The van der Waals surface area contributed by atoms with Gasteiger partial charge in [-0.05, 0) is 82.9 Å². The minimum Gasteiger partial charge on any atom is -0.370 e. The number of hydrogen-bond donors (Lipinski definition) is 1. The van der Waals surface area contributed by atoms with Gasteiger partial charge in [0.2, 0.25) is 5.82 Å². The molecule has 0 bridgehead atoms. The van der Waals surface area contributed by atoms with E-state index in [1.807, 2.05) is 32.0 Å². The van der Waals surface area contributed by atoms with Gasteiger partial charge in [0.1, 0.15) is 6.07 Å². The number of hydrogen-bond acceptors (Lipinski definition) is 6. The zero-order chi connectivity index (χ0) is 28.3. The maximum absolute atomic E-state index is 13.4. The van der Waals surface area contributed by atoms with Crippen LogP contribution in [0.3, 0.4) is 0 Å². The van der Waals surface area contributed by atoms with Crippen molar-refractivity contribution in [3.63, 3.8) is 0 Å². The summed E-state index contributed by atoms with van der Waals surface area (Å²) in [4.78, 5) is 22.1. The van der Waals surface area contributed by atoms with E-state index in [0.29, 0.717) is 5.69 Å². The first kappa shape index (κ1) is 29.9. The van der Waals surface area contributed by atoms with E-state index < -0.39 is 5.91 Å². The lowest BCUT2D eigenvalue weighted by Gasteiger charge is -2.45. The topological polar surface area (TPSA) is 92.8 Å². The molecule has 0 spiro atoms. The van der Waals surface area contributed by atoms with Crippen LogP contribution in [-0.2, 0) is 4.74 Å². The van der Waals surface area contributed by atoms with Gasteiger partial charge in [-0.15, -0.1) is 3.89 Å². The van der Waals surface area contributed by atoms with Crippen molar-refractivity contribution in [2.24, 2.45) is 5.41 Å². The number of aromatic nitrogens is 3. The van der Waals surface area contributed by atoms with Gasteiger partial charge in [-0.2, -0.15) is 5.26 Å². The fourth-order valence-corrected chi connectivity index (χ4v) is 5.77. The molecule has 1 aliphatic heterocycles. The van der Waals surface area contributed by atoms with Gasteiger partial charge >= 0.3 is 0 Å². The zero-order valence-electron chi connectivity index (χ0n) is 23.8. The summed E-state index contributed by atoms with van der Waals surface area (Å²) in [5.41, 5.74) is 3.02. The lowest BCUT2D eigenvalue weighted by atomic mass is 9.77. The number of nitrogens with zero attached hydrogens (tertiary/aromatic N) is 4. The predicted molar refractivity (Wildman–Crippen MR) is 151 cm³/mol. The highest BCUT2D eigenvalue weighted by Crippen LogP contribution is 2.44. The maximum Gasteiger partial charge on any atom is 0.292 e. The summed E-state index contributed by atoms with van der Waals surface area (Å²) < 4.78 is 20.6. The van der Waals surface area contributed by atoms with Crippen LogP contribution in [0.2, 0.25) is 0 Å². The van der Waals surface area contributed by atoms with Crippen LogP contribution >= 0.6 is 12.3 Å². The molecule has 0 saturated carbocycles. The van der Waals surface area contributed by atoms with Crippen molar-refractivity contribution in [3.05, 3.63) is 47.3 Å². The van der Waals surface area contributed by atoms with Gasteiger partial charge in [-0.25, -0.2) is 8.96 Å². The van der Waals surface area contributed by atoms with Crippen LogP contribution in [0.15, 0.2) is 24.4 Å². The minimum absolute atomic E-state index is 0.0269. The number of ether oxygens (including phenoxy) is 1. The highest BCUT2D eigenvalue weighted by molar-refractivity contribution is 7.92. The fraction of sp³-hybridized carbons (Fsp3) is 0.586. The van der Waals surface area contributed by atoms with Crippen LogP contribution in [0, 0.1) is 16.7 Å². The molecule has 3 heterocycles. The van der Waals surface area contributed by atoms with Gasteiger partial charge in [0.15, 0.2) is 18.0 Å². The fourth-order valence-electron chi connectivity index (χ4n) is 5.44. The van der Waals surface area contributed by atoms with Gasteiger partial charge in [0, 0.05) is 11.6 Å². The largest absolute Gasteiger partial charge is 0.370 e. The lowest BCUT2D eigenvalue weighted by Crippen LogP contribution is -2.44. The summed E-state index contributed by atoms with van der Waals surface area (Å²) >= 11 is -0.173. The van der Waals surface area contributed by atoms with E-state index in [9.17, 15) is 8.68 Å². The number of nitriles is 1. The normalized spacial score (nSPS) is 19.9. The highest BCUT2D eigenvalue weighted by atomic mass is 32.2. The van der Waals surface area contributed by atoms with E-state index in [0.717, 1.165) is 53.0 Å². The second-order valence-electron chi connectivity index (χ2n) is 11.9. The number of rotatable bonds is 5. The molecule has 1 amide bonds. The van der Waals surface area contributed by atoms with Crippen molar-refractivity contribution in [2.45, 2.75) is 105 Å². The summed E-state index contributed by atoms with van der Waals surface area (Å²) in [6.07, 6.45) is 7.91. The number of amides is 1. The zero-order valence-corrected chi connectivity index (χ0v) is 24.6. The first-order valence-corrected chi connectivity index (χ1v) is 14.0. The average molecular weight is 542 g/mol. The van der Waals surface area contributed by atoms with Crippen molar-refractivity contribution in [1.29, 1.82) is 5.26 Å². The molecule has 2 aromatic heterocycles. The second-order valence-corrected chi connectivity index (χ2v) is 12.4. The smallest absolute Gasteiger partial charge is 0.292 e. The van der Waals surface area contributed by atoms with Gasteiger partial charge in [-0.3, -0.25) is 9.78 Å². The SMILES string of the molecule is CC.CC1(C)CC=C(c2nc(C3CC(C)(C)OC(C)(C)C3)ccc2NC(=O)c2nc(C#N)cn2SF)CC1. The third-order valence-electron chi connectivity index (χ3n) is 6.95. The molecule has 206 valence electrons. The number of carbonyl (C=O) groups is 1. The molecular formula is C29H40FN5O2S. The Hall–Kier alpha value is -2.70. The van der Waals surface area contributed by atoms with E-state index in [-0.39, 0.29) is 46.4 Å². The van der Waals surface area contributed by atoms with E-state index in [1.54, 1.807) is 0 Å². The molecule has 9 heteroatoms. The summed E-state index contributed by atoms with van der Waals surface area (Å²) in [6, 6.07) is 5.69. The van der Waals surface area contributed by atoms with Crippen molar-refractivity contribution in [3.8, 4) is 6.07 Å². The Morgan fingerprint density at radius 2 is 1.82 bits per heavy atom. The molecule has 1 saturated heterocycles. The molecule has 1 N–H and O–H groups in total. The van der Waals surface area contributed by atoms with Crippen LogP contribution in [-0.4, -0.2) is 31.0 Å². The first-order valence-electron chi connectivity index (χ1n) is 13.3. The predicted octanol–water partition coefficient (Wildman–Crippen LogP) is 7.85. The van der Waals surface area contributed by atoms with E-state index >= 15 is 0 Å². The Labute approximate surface area is 230 Å². The number of imidazole rings is 1. The molecule has 0 unspecified atom stereocenters. The van der Waals surface area contributed by atoms with E-state index in [2.05, 4.69) is 57.9 Å². The molecule has 2 aromatic rings. The van der Waals surface area contributed by atoms with E-state index in [4.69, 9.17) is 15.0 Å².